The van der Waals surface area contributed by atoms with E-state index < -0.39 is 23.4 Å². The maximum absolute atomic E-state index is 13.5. The molecule has 4 rings (SSSR count). The Morgan fingerprint density at radius 3 is 2.14 bits per heavy atom. The number of amides is 2. The van der Waals surface area contributed by atoms with Gasteiger partial charge in [-0.25, -0.2) is 19.3 Å². The van der Waals surface area contributed by atoms with Crippen molar-refractivity contribution in [1.82, 2.24) is 14.8 Å². The molecular weight excluding hydrogens is 460 g/mol. The number of imide groups is 1. The Morgan fingerprint density at radius 2 is 1.56 bits per heavy atom. The van der Waals surface area contributed by atoms with Crippen molar-refractivity contribution in [3.05, 3.63) is 53.7 Å². The Kier molecular flexibility index (Phi) is 6.51. The van der Waals surface area contributed by atoms with E-state index in [4.69, 9.17) is 24.3 Å². The van der Waals surface area contributed by atoms with Crippen LogP contribution in [0.3, 0.4) is 0 Å². The molecule has 0 saturated heterocycles. The predicted molar refractivity (Wildman–Crippen MR) is 136 cm³/mol. The number of hydrogen-bond acceptors (Lipinski definition) is 7. The third kappa shape index (κ3) is 5.35. The topological polar surface area (TPSA) is 95.8 Å². The first-order valence-corrected chi connectivity index (χ1v) is 11.9. The summed E-state index contributed by atoms with van der Waals surface area (Å²) in [4.78, 5) is 32.6. The van der Waals surface area contributed by atoms with Crippen LogP contribution in [0.1, 0.15) is 52.8 Å². The van der Waals surface area contributed by atoms with Gasteiger partial charge >= 0.3 is 12.2 Å². The third-order valence-corrected chi connectivity index (χ3v) is 5.23. The Bertz CT molecular complexity index is 1260. The monoisotopic (exact) mass is 492 g/mol. The zero-order chi connectivity index (χ0) is 26.3. The van der Waals surface area contributed by atoms with Crippen molar-refractivity contribution >= 4 is 18.0 Å². The number of rotatable bonds is 3. The van der Waals surface area contributed by atoms with Crippen molar-refractivity contribution in [2.45, 2.75) is 66.1 Å². The van der Waals surface area contributed by atoms with E-state index >= 15 is 0 Å². The number of carbonyl (C=O) groups excluding carboxylic acids is 2. The zero-order valence-electron chi connectivity index (χ0n) is 21.8. The summed E-state index contributed by atoms with van der Waals surface area (Å²) in [6, 6.07) is 13.0. The van der Waals surface area contributed by atoms with E-state index in [1.807, 2.05) is 42.5 Å². The van der Waals surface area contributed by atoms with Gasteiger partial charge < -0.3 is 14.2 Å². The second-order valence-corrected chi connectivity index (χ2v) is 10.6. The highest BCUT2D eigenvalue weighted by Crippen LogP contribution is 2.35. The molecular formula is C27H32N4O5. The van der Waals surface area contributed by atoms with E-state index in [0.717, 1.165) is 16.3 Å². The number of nitrogens with zero attached hydrogens (tertiary/aromatic N) is 4. The molecule has 0 unspecified atom stereocenters. The number of hydrogen-bond donors (Lipinski definition) is 0. The van der Waals surface area contributed by atoms with Crippen LogP contribution in [-0.2, 0) is 15.9 Å². The largest absolute Gasteiger partial charge is 0.491 e. The summed E-state index contributed by atoms with van der Waals surface area (Å²) in [5, 5.41) is 4.81. The second-order valence-electron chi connectivity index (χ2n) is 10.6. The highest BCUT2D eigenvalue weighted by atomic mass is 16.6. The lowest BCUT2D eigenvalue weighted by atomic mass is 10.1. The number of para-hydroxylation sites is 1. The number of aromatic nitrogens is 3. The van der Waals surface area contributed by atoms with Crippen molar-refractivity contribution < 1.29 is 23.8 Å². The van der Waals surface area contributed by atoms with Gasteiger partial charge in [-0.2, -0.15) is 10.00 Å². The van der Waals surface area contributed by atoms with Gasteiger partial charge in [0.1, 0.15) is 22.6 Å². The fourth-order valence-corrected chi connectivity index (χ4v) is 3.79. The first-order chi connectivity index (χ1) is 16.8. The fourth-order valence-electron chi connectivity index (χ4n) is 3.79. The Labute approximate surface area is 211 Å². The van der Waals surface area contributed by atoms with Gasteiger partial charge in [-0.05, 0) is 72.7 Å². The molecule has 0 bridgehead atoms. The average Bonchev–Trinajstić information content (AvgIpc) is 3.36. The van der Waals surface area contributed by atoms with E-state index in [1.54, 1.807) is 53.1 Å². The van der Waals surface area contributed by atoms with Crippen LogP contribution in [0.4, 0.5) is 15.4 Å². The number of fused-ring (bicyclic) bond motifs is 1. The van der Waals surface area contributed by atoms with Gasteiger partial charge in [0.05, 0.1) is 23.7 Å². The van der Waals surface area contributed by atoms with Gasteiger partial charge in [-0.1, -0.05) is 18.2 Å². The first-order valence-electron chi connectivity index (χ1n) is 11.9. The molecule has 1 aliphatic heterocycles. The van der Waals surface area contributed by atoms with Gasteiger partial charge in [0.15, 0.2) is 5.82 Å². The molecule has 0 aliphatic carbocycles. The molecule has 1 aromatic carbocycles. The summed E-state index contributed by atoms with van der Waals surface area (Å²) in [6.07, 6.45) is -1.02. The van der Waals surface area contributed by atoms with E-state index in [2.05, 4.69) is 0 Å². The molecule has 2 aromatic heterocycles. The first kappa shape index (κ1) is 25.2. The molecule has 2 amide bonds. The van der Waals surface area contributed by atoms with E-state index in [1.165, 1.54) is 0 Å². The van der Waals surface area contributed by atoms with Crippen LogP contribution in [0, 0.1) is 6.92 Å². The zero-order valence-corrected chi connectivity index (χ0v) is 21.8. The van der Waals surface area contributed by atoms with Crippen LogP contribution in [0.15, 0.2) is 42.5 Å². The van der Waals surface area contributed by atoms with Crippen LogP contribution < -0.4 is 9.64 Å². The minimum absolute atomic E-state index is 0.221. The normalized spacial score (nSPS) is 13.1. The number of ether oxygens (including phenoxy) is 3. The summed E-state index contributed by atoms with van der Waals surface area (Å²) in [5.41, 5.74) is 1.53. The predicted octanol–water partition coefficient (Wildman–Crippen LogP) is 5.85. The second kappa shape index (κ2) is 9.29. The molecule has 3 heterocycles. The lowest BCUT2D eigenvalue weighted by Crippen LogP contribution is -2.45. The number of benzene rings is 1. The number of carbonyl (C=O) groups is 2. The molecule has 0 spiro atoms. The lowest BCUT2D eigenvalue weighted by molar-refractivity contribution is 0.0427. The highest BCUT2D eigenvalue weighted by Gasteiger charge is 2.37. The fraction of sp³-hybridized carbons (Fsp3) is 0.407. The van der Waals surface area contributed by atoms with Gasteiger partial charge in [-0.15, -0.1) is 0 Å². The van der Waals surface area contributed by atoms with Gasteiger partial charge in [0, 0.05) is 12.0 Å². The summed E-state index contributed by atoms with van der Waals surface area (Å²) < 4.78 is 18.4. The van der Waals surface area contributed by atoms with Crippen molar-refractivity contribution in [3.8, 4) is 22.8 Å². The number of anilines is 1. The van der Waals surface area contributed by atoms with Crippen molar-refractivity contribution in [2.24, 2.45) is 0 Å². The van der Waals surface area contributed by atoms with Gasteiger partial charge in [0.25, 0.3) is 0 Å². The molecule has 190 valence electrons. The highest BCUT2D eigenvalue weighted by molar-refractivity contribution is 6.10. The van der Waals surface area contributed by atoms with E-state index in [0.29, 0.717) is 35.7 Å². The Morgan fingerprint density at radius 1 is 0.944 bits per heavy atom. The molecule has 0 N–H and O–H groups in total. The molecule has 3 aromatic rings. The lowest BCUT2D eigenvalue weighted by Gasteiger charge is -2.29. The van der Waals surface area contributed by atoms with Crippen LogP contribution in [0.5, 0.6) is 5.75 Å². The third-order valence-electron chi connectivity index (χ3n) is 5.23. The smallest absolute Gasteiger partial charge is 0.425 e. The molecule has 9 heteroatoms. The Balaban J connectivity index is 1.92. The van der Waals surface area contributed by atoms with Crippen LogP contribution in [-0.4, -0.2) is 44.8 Å². The molecule has 9 nitrogen and oxygen atoms in total. The van der Waals surface area contributed by atoms with Crippen molar-refractivity contribution in [2.75, 3.05) is 11.5 Å². The van der Waals surface area contributed by atoms with Crippen molar-refractivity contribution in [1.29, 1.82) is 0 Å². The van der Waals surface area contributed by atoms with Gasteiger partial charge in [0.2, 0.25) is 0 Å². The van der Waals surface area contributed by atoms with Crippen LogP contribution >= 0.6 is 0 Å². The maximum atomic E-state index is 13.5. The molecule has 1 aliphatic rings. The van der Waals surface area contributed by atoms with Gasteiger partial charge in [-0.3, -0.25) is 0 Å². The standard InChI is InChI=1S/C27H32N4O5/c1-17-22(20-13-14-21-19(28-20)15-16-34-21)29-31(18-11-9-8-10-12-18)23(17)30(24(32)35-26(2,3)4)25(33)36-27(5,6)7/h8-14H,15-16H2,1-7H3. The molecule has 0 fully saturated rings. The minimum Gasteiger partial charge on any atom is -0.491 e. The molecule has 0 atom stereocenters. The summed E-state index contributed by atoms with van der Waals surface area (Å²) in [5.74, 6) is 0.974. The average molecular weight is 493 g/mol. The van der Waals surface area contributed by atoms with E-state index in [9.17, 15) is 9.59 Å². The quantitative estimate of drug-likeness (QED) is 0.452. The maximum Gasteiger partial charge on any atom is 0.425 e. The summed E-state index contributed by atoms with van der Waals surface area (Å²) in [6.45, 7) is 12.8. The minimum atomic E-state index is -0.862. The van der Waals surface area contributed by atoms with E-state index in [-0.39, 0.29) is 5.82 Å². The summed E-state index contributed by atoms with van der Waals surface area (Å²) >= 11 is 0. The molecule has 0 radical (unpaired) electrons. The van der Waals surface area contributed by atoms with Crippen molar-refractivity contribution in [3.63, 3.8) is 0 Å². The molecule has 36 heavy (non-hydrogen) atoms. The number of pyridine rings is 1. The van der Waals surface area contributed by atoms with Crippen LogP contribution in [0.2, 0.25) is 0 Å². The summed E-state index contributed by atoms with van der Waals surface area (Å²) in [7, 11) is 0. The van der Waals surface area contributed by atoms with Crippen LogP contribution in [0.25, 0.3) is 17.1 Å². The SMILES string of the molecule is Cc1c(-c2ccc3c(n2)CCO3)nn(-c2ccccc2)c1N(C(=O)OC(C)(C)C)C(=O)OC(C)(C)C. The molecule has 0 saturated carbocycles. The Hall–Kier alpha value is -3.88.